The Bertz CT molecular complexity index is 1820. The van der Waals surface area contributed by atoms with Crippen LogP contribution < -0.4 is 0 Å². The van der Waals surface area contributed by atoms with Crippen molar-refractivity contribution in [3.8, 4) is 0 Å². The molecule has 552 valence electrons. The van der Waals surface area contributed by atoms with Crippen molar-refractivity contribution in [1.82, 2.24) is 0 Å². The quantitative estimate of drug-likeness (QED) is 0.0222. The standard InChI is InChI=1S/C74H144O17P2/c1-8-10-11-12-31-41-48-55-71(76)84-61-69(91-74(79)58-51-44-37-30-33-39-46-53-66(5)6)63-88-92(80,81)86-59-68(75)60-87-93(82,83)89-64-70(62-85-72(77)56-49-42-35-28-25-21-22-26-32-38-45-52-65(3)4)90-73(78)57-50-43-36-29-24-20-18-16-14-13-15-17-19-23-27-34-40-47-54-67(7)9-2/h65-70,75H,8-64H2,1-7H3,(H,80,81)(H,82,83)/t67?,68-,69+,70+/m0/s1. The maximum atomic E-state index is 13.1. The molecular weight excluding hydrogens is 1220 g/mol. The Hall–Kier alpha value is -1.94. The minimum Gasteiger partial charge on any atom is -0.462 e. The zero-order valence-electron chi connectivity index (χ0n) is 60.7. The molecule has 6 atom stereocenters. The lowest BCUT2D eigenvalue weighted by molar-refractivity contribution is -0.161. The lowest BCUT2D eigenvalue weighted by Crippen LogP contribution is -2.30. The van der Waals surface area contributed by atoms with Crippen LogP contribution in [0.5, 0.6) is 0 Å². The van der Waals surface area contributed by atoms with E-state index in [9.17, 15) is 43.2 Å². The second-order valence-corrected chi connectivity index (χ2v) is 30.8. The van der Waals surface area contributed by atoms with Gasteiger partial charge >= 0.3 is 39.5 Å². The Morgan fingerprint density at radius 3 is 0.817 bits per heavy atom. The van der Waals surface area contributed by atoms with Crippen LogP contribution in [0.3, 0.4) is 0 Å². The average Bonchev–Trinajstić information content (AvgIpc) is 2.23. The summed E-state index contributed by atoms with van der Waals surface area (Å²) in [7, 11) is -9.90. The molecule has 0 aromatic carbocycles. The third-order valence-electron chi connectivity index (χ3n) is 17.5. The molecule has 0 aliphatic heterocycles. The highest BCUT2D eigenvalue weighted by atomic mass is 31.2. The maximum Gasteiger partial charge on any atom is 0.472 e. The third kappa shape index (κ3) is 67.0. The number of phosphoric ester groups is 2. The summed E-state index contributed by atoms with van der Waals surface area (Å²) < 4.78 is 68.3. The van der Waals surface area contributed by atoms with E-state index in [4.69, 9.17) is 37.0 Å². The first kappa shape index (κ1) is 91.1. The number of carbonyl (C=O) groups excluding carboxylic acids is 4. The highest BCUT2D eigenvalue weighted by Crippen LogP contribution is 2.45. The lowest BCUT2D eigenvalue weighted by atomic mass is 9.99. The third-order valence-corrected chi connectivity index (χ3v) is 19.4. The first-order chi connectivity index (χ1) is 44.8. The van der Waals surface area contributed by atoms with Gasteiger partial charge in [-0.05, 0) is 43.4 Å². The van der Waals surface area contributed by atoms with E-state index in [2.05, 4.69) is 48.5 Å². The molecule has 0 fully saturated rings. The fourth-order valence-corrected chi connectivity index (χ4v) is 12.8. The van der Waals surface area contributed by atoms with E-state index < -0.39 is 97.5 Å². The van der Waals surface area contributed by atoms with Gasteiger partial charge in [-0.2, -0.15) is 0 Å². The zero-order chi connectivity index (χ0) is 68.7. The normalized spacial score (nSPS) is 14.4. The van der Waals surface area contributed by atoms with E-state index >= 15 is 0 Å². The largest absolute Gasteiger partial charge is 0.472 e. The first-order valence-electron chi connectivity index (χ1n) is 38.4. The molecule has 17 nitrogen and oxygen atoms in total. The van der Waals surface area contributed by atoms with Gasteiger partial charge in [0.05, 0.1) is 26.4 Å². The number of esters is 4. The van der Waals surface area contributed by atoms with E-state index in [0.29, 0.717) is 31.6 Å². The van der Waals surface area contributed by atoms with Gasteiger partial charge in [0.1, 0.15) is 19.3 Å². The fraction of sp³-hybridized carbons (Fsp3) is 0.946. The van der Waals surface area contributed by atoms with Crippen LogP contribution >= 0.6 is 15.6 Å². The molecule has 19 heteroatoms. The van der Waals surface area contributed by atoms with Gasteiger partial charge in [0.2, 0.25) is 0 Å². The van der Waals surface area contributed by atoms with Crippen LogP contribution in [0.1, 0.15) is 376 Å². The van der Waals surface area contributed by atoms with Crippen LogP contribution in [-0.4, -0.2) is 96.7 Å². The Kier molecular flexibility index (Phi) is 63.4. The van der Waals surface area contributed by atoms with Gasteiger partial charge in [-0.15, -0.1) is 0 Å². The molecule has 0 aromatic heterocycles. The van der Waals surface area contributed by atoms with E-state index in [1.54, 1.807) is 0 Å². The van der Waals surface area contributed by atoms with Gasteiger partial charge < -0.3 is 33.8 Å². The van der Waals surface area contributed by atoms with E-state index in [0.717, 1.165) is 115 Å². The summed E-state index contributed by atoms with van der Waals surface area (Å²) in [6.07, 6.45) is 50.3. The predicted octanol–water partition coefficient (Wildman–Crippen LogP) is 21.4. The zero-order valence-corrected chi connectivity index (χ0v) is 62.5. The summed E-state index contributed by atoms with van der Waals surface area (Å²) in [6.45, 7) is 11.8. The van der Waals surface area contributed by atoms with Crippen molar-refractivity contribution in [2.45, 2.75) is 394 Å². The topological polar surface area (TPSA) is 237 Å². The fourth-order valence-electron chi connectivity index (χ4n) is 11.2. The van der Waals surface area contributed by atoms with Crippen molar-refractivity contribution in [1.29, 1.82) is 0 Å². The number of hydrogen-bond donors (Lipinski definition) is 3. The first-order valence-corrected chi connectivity index (χ1v) is 41.4. The minimum atomic E-state index is -4.95. The van der Waals surface area contributed by atoms with Crippen molar-refractivity contribution in [2.24, 2.45) is 17.8 Å². The summed E-state index contributed by atoms with van der Waals surface area (Å²) >= 11 is 0. The van der Waals surface area contributed by atoms with Crippen molar-refractivity contribution < 1.29 is 80.2 Å². The second kappa shape index (κ2) is 64.7. The molecule has 3 N–H and O–H groups in total. The number of rotatable bonds is 72. The molecule has 0 bridgehead atoms. The van der Waals surface area contributed by atoms with Gasteiger partial charge in [0.25, 0.3) is 0 Å². The van der Waals surface area contributed by atoms with Gasteiger partial charge in [-0.1, -0.05) is 325 Å². The Labute approximate surface area is 568 Å². The van der Waals surface area contributed by atoms with Crippen LogP contribution in [0.4, 0.5) is 0 Å². The highest BCUT2D eigenvalue weighted by molar-refractivity contribution is 7.47. The number of unbranched alkanes of at least 4 members (excludes halogenated alkanes) is 39. The van der Waals surface area contributed by atoms with Crippen molar-refractivity contribution in [2.75, 3.05) is 39.6 Å². The van der Waals surface area contributed by atoms with Crippen LogP contribution in [0, 0.1) is 17.8 Å². The molecule has 93 heavy (non-hydrogen) atoms. The molecule has 0 aromatic rings. The monoisotopic (exact) mass is 1370 g/mol. The number of phosphoric acid groups is 2. The lowest BCUT2D eigenvalue weighted by Gasteiger charge is -2.21. The Balaban J connectivity index is 5.14. The highest BCUT2D eigenvalue weighted by Gasteiger charge is 2.30. The smallest absolute Gasteiger partial charge is 0.462 e. The SMILES string of the molecule is CCCCCCCCCC(=O)OC[C@H](COP(=O)(O)OC[C@H](O)COP(=O)(O)OC[C@@H](COC(=O)CCCCCCCCCCCCCC(C)C)OC(=O)CCCCCCCCCCCCCCCCCCCCC(C)CC)OC(=O)CCCCCCCCCC(C)C. The minimum absolute atomic E-state index is 0.103. The van der Waals surface area contributed by atoms with Crippen LogP contribution in [-0.2, 0) is 65.4 Å². The number of hydrogen-bond acceptors (Lipinski definition) is 15. The number of aliphatic hydroxyl groups is 1. The molecular formula is C74H144O17P2. The van der Waals surface area contributed by atoms with Gasteiger partial charge in [-0.3, -0.25) is 37.3 Å². The number of aliphatic hydroxyl groups excluding tert-OH is 1. The molecule has 0 aliphatic carbocycles. The van der Waals surface area contributed by atoms with Crippen molar-refractivity contribution >= 4 is 39.5 Å². The number of ether oxygens (including phenoxy) is 4. The van der Waals surface area contributed by atoms with E-state index in [-0.39, 0.29) is 25.7 Å². The molecule has 0 spiro atoms. The van der Waals surface area contributed by atoms with Crippen molar-refractivity contribution in [3.05, 3.63) is 0 Å². The van der Waals surface area contributed by atoms with Crippen molar-refractivity contribution in [3.63, 3.8) is 0 Å². The second-order valence-electron chi connectivity index (χ2n) is 27.9. The van der Waals surface area contributed by atoms with Crippen LogP contribution in [0.15, 0.2) is 0 Å². The van der Waals surface area contributed by atoms with Gasteiger partial charge in [0, 0.05) is 25.7 Å². The van der Waals surface area contributed by atoms with Gasteiger partial charge in [-0.25, -0.2) is 9.13 Å². The molecule has 3 unspecified atom stereocenters. The average molecular weight is 1370 g/mol. The molecule has 0 aliphatic rings. The van der Waals surface area contributed by atoms with E-state index in [1.807, 2.05) is 0 Å². The molecule has 0 heterocycles. The predicted molar refractivity (Wildman–Crippen MR) is 377 cm³/mol. The summed E-state index contributed by atoms with van der Waals surface area (Å²) in [6, 6.07) is 0. The van der Waals surface area contributed by atoms with Crippen LogP contribution in [0.25, 0.3) is 0 Å². The van der Waals surface area contributed by atoms with E-state index in [1.165, 1.54) is 173 Å². The summed E-state index contributed by atoms with van der Waals surface area (Å²) in [5, 5.41) is 10.6. The molecule has 0 rings (SSSR count). The summed E-state index contributed by atoms with van der Waals surface area (Å²) in [4.78, 5) is 72.5. The maximum absolute atomic E-state index is 13.1. The summed E-state index contributed by atoms with van der Waals surface area (Å²) in [5.74, 6) is 0.210. The molecule has 0 radical (unpaired) electrons. The Morgan fingerprint density at radius 1 is 0.312 bits per heavy atom. The Morgan fingerprint density at radius 2 is 0.548 bits per heavy atom. The molecule has 0 saturated heterocycles. The van der Waals surface area contributed by atoms with Gasteiger partial charge in [0.15, 0.2) is 12.2 Å². The van der Waals surface area contributed by atoms with Crippen LogP contribution in [0.2, 0.25) is 0 Å². The number of carbonyl (C=O) groups is 4. The molecule has 0 saturated carbocycles. The molecule has 0 amide bonds. The summed E-state index contributed by atoms with van der Waals surface area (Å²) in [5.41, 5.74) is 0.